The van der Waals surface area contributed by atoms with E-state index in [1.165, 1.54) is 5.69 Å². The van der Waals surface area contributed by atoms with Gasteiger partial charge < -0.3 is 19.2 Å². The summed E-state index contributed by atoms with van der Waals surface area (Å²) in [5, 5.41) is 0. The second-order valence-corrected chi connectivity index (χ2v) is 8.41. The molecule has 0 spiro atoms. The van der Waals surface area contributed by atoms with E-state index < -0.39 is 0 Å². The van der Waals surface area contributed by atoms with Crippen molar-refractivity contribution in [3.05, 3.63) is 73.4 Å². The summed E-state index contributed by atoms with van der Waals surface area (Å²) in [7, 11) is 2.18. The number of nitrogens with zero attached hydrogens (tertiary/aromatic N) is 5. The number of anilines is 1. The maximum absolute atomic E-state index is 5.39. The molecule has 1 fully saturated rings. The zero-order valence-electron chi connectivity index (χ0n) is 18.4. The van der Waals surface area contributed by atoms with E-state index >= 15 is 0 Å². The fourth-order valence-electron chi connectivity index (χ4n) is 4.32. The van der Waals surface area contributed by atoms with Crippen LogP contribution in [0.25, 0.3) is 45.0 Å². The lowest BCUT2D eigenvalue weighted by Gasteiger charge is -2.34. The topological polar surface area (TPSA) is 74.1 Å². The molecule has 2 aromatic carbocycles. The number of likely N-dealkylation sites (N-methyl/N-ethyl adjacent to an activating group) is 1. The summed E-state index contributed by atoms with van der Waals surface area (Å²) in [6.07, 6.45) is 7.03. The highest BCUT2D eigenvalue weighted by Gasteiger charge is 2.15. The average molecular weight is 437 g/mol. The molecule has 0 bridgehead atoms. The molecule has 6 rings (SSSR count). The van der Waals surface area contributed by atoms with Gasteiger partial charge >= 0.3 is 0 Å². The van der Waals surface area contributed by atoms with Gasteiger partial charge in [0.05, 0.1) is 18.1 Å². The van der Waals surface area contributed by atoms with Gasteiger partial charge in [-0.2, -0.15) is 0 Å². The molecule has 33 heavy (non-hydrogen) atoms. The summed E-state index contributed by atoms with van der Waals surface area (Å²) >= 11 is 0. The zero-order valence-corrected chi connectivity index (χ0v) is 18.4. The van der Waals surface area contributed by atoms with Gasteiger partial charge in [-0.3, -0.25) is 0 Å². The first-order chi connectivity index (χ1) is 16.2. The van der Waals surface area contributed by atoms with Crippen LogP contribution < -0.4 is 4.90 Å². The lowest BCUT2D eigenvalue weighted by atomic mass is 10.1. The maximum atomic E-state index is 5.39. The van der Waals surface area contributed by atoms with Gasteiger partial charge in [0.15, 0.2) is 5.65 Å². The van der Waals surface area contributed by atoms with Crippen molar-refractivity contribution in [3.63, 3.8) is 0 Å². The molecule has 5 aromatic rings. The summed E-state index contributed by atoms with van der Waals surface area (Å²) < 4.78 is 5.39. The molecule has 0 radical (unpaired) electrons. The smallest absolute Gasteiger partial charge is 0.225 e. The number of oxazole rings is 1. The minimum Gasteiger partial charge on any atom is -0.445 e. The van der Waals surface area contributed by atoms with Gasteiger partial charge in [-0.1, -0.05) is 24.3 Å². The van der Waals surface area contributed by atoms with Crippen LogP contribution in [0, 0.1) is 0 Å². The fourth-order valence-corrected chi connectivity index (χ4v) is 4.32. The van der Waals surface area contributed by atoms with Gasteiger partial charge in [0.2, 0.25) is 5.89 Å². The monoisotopic (exact) mass is 436 g/mol. The Morgan fingerprint density at radius 3 is 2.30 bits per heavy atom. The standard InChI is InChI=1S/C26H24N6O/c1-31-11-13-32(14-12-31)21-8-6-19(7-9-21)23-17-29-25-24(30-23)22(16-28-25)18-2-4-20(5-3-18)26-27-10-15-33-26/h2-10,15-17H,11-14H2,1H3,(H,28,29). The Hall–Kier alpha value is -3.97. The molecular formula is C26H24N6O. The number of benzene rings is 2. The Labute approximate surface area is 191 Å². The first-order valence-corrected chi connectivity index (χ1v) is 11.1. The highest BCUT2D eigenvalue weighted by Crippen LogP contribution is 2.30. The van der Waals surface area contributed by atoms with Crippen molar-refractivity contribution in [1.82, 2.24) is 24.8 Å². The Kier molecular flexibility index (Phi) is 4.88. The molecule has 0 aliphatic carbocycles. The number of hydrogen-bond donors (Lipinski definition) is 1. The van der Waals surface area contributed by atoms with Gasteiger partial charge in [0.25, 0.3) is 0 Å². The van der Waals surface area contributed by atoms with Crippen LogP contribution >= 0.6 is 0 Å². The molecule has 1 aliphatic rings. The number of aromatic amines is 1. The summed E-state index contributed by atoms with van der Waals surface area (Å²) in [4.78, 5) is 21.8. The zero-order chi connectivity index (χ0) is 22.2. The second-order valence-electron chi connectivity index (χ2n) is 8.41. The number of hydrogen-bond acceptors (Lipinski definition) is 6. The van der Waals surface area contributed by atoms with Crippen molar-refractivity contribution < 1.29 is 4.42 Å². The molecule has 0 atom stereocenters. The van der Waals surface area contributed by atoms with E-state index in [1.54, 1.807) is 12.5 Å². The van der Waals surface area contributed by atoms with E-state index in [1.807, 2.05) is 24.5 Å². The number of H-pyrrole nitrogens is 1. The number of rotatable bonds is 4. The quantitative estimate of drug-likeness (QED) is 0.440. The predicted octanol–water partition coefficient (Wildman–Crippen LogP) is 4.70. The predicted molar refractivity (Wildman–Crippen MR) is 130 cm³/mol. The Morgan fingerprint density at radius 2 is 1.58 bits per heavy atom. The largest absolute Gasteiger partial charge is 0.445 e. The Morgan fingerprint density at radius 1 is 0.848 bits per heavy atom. The molecule has 164 valence electrons. The molecule has 7 nitrogen and oxygen atoms in total. The molecule has 0 amide bonds. The van der Waals surface area contributed by atoms with Crippen molar-refractivity contribution in [2.75, 3.05) is 38.1 Å². The minimum absolute atomic E-state index is 0.613. The number of fused-ring (bicyclic) bond motifs is 1. The molecule has 3 aromatic heterocycles. The van der Waals surface area contributed by atoms with Gasteiger partial charge in [-0.05, 0) is 36.9 Å². The van der Waals surface area contributed by atoms with Gasteiger partial charge in [0, 0.05) is 54.8 Å². The maximum Gasteiger partial charge on any atom is 0.225 e. The third-order valence-electron chi connectivity index (χ3n) is 6.29. The van der Waals surface area contributed by atoms with Crippen LogP contribution in [0.3, 0.4) is 0 Å². The van der Waals surface area contributed by atoms with Crippen LogP contribution in [-0.4, -0.2) is 58.1 Å². The van der Waals surface area contributed by atoms with E-state index in [-0.39, 0.29) is 0 Å². The Bertz CT molecular complexity index is 1370. The molecule has 1 aliphatic heterocycles. The van der Waals surface area contributed by atoms with Crippen LogP contribution in [-0.2, 0) is 0 Å². The molecule has 7 heteroatoms. The number of aromatic nitrogens is 4. The molecule has 0 saturated carbocycles. The van der Waals surface area contributed by atoms with Crippen LogP contribution in [0.2, 0.25) is 0 Å². The summed E-state index contributed by atoms with van der Waals surface area (Å²) in [6, 6.07) is 16.8. The van der Waals surface area contributed by atoms with Crippen molar-refractivity contribution in [2.24, 2.45) is 0 Å². The third kappa shape index (κ3) is 3.76. The lowest BCUT2D eigenvalue weighted by molar-refractivity contribution is 0.313. The van der Waals surface area contributed by atoms with E-state index in [2.05, 4.69) is 68.2 Å². The Balaban J connectivity index is 1.29. The molecule has 4 heterocycles. The molecule has 0 unspecified atom stereocenters. The summed E-state index contributed by atoms with van der Waals surface area (Å²) in [6.45, 7) is 4.31. The first kappa shape index (κ1) is 19.7. The first-order valence-electron chi connectivity index (χ1n) is 11.1. The van der Waals surface area contributed by atoms with Crippen LogP contribution in [0.5, 0.6) is 0 Å². The van der Waals surface area contributed by atoms with Crippen molar-refractivity contribution >= 4 is 16.9 Å². The van der Waals surface area contributed by atoms with E-state index in [9.17, 15) is 0 Å². The summed E-state index contributed by atoms with van der Waals surface area (Å²) in [5.41, 5.74) is 7.85. The van der Waals surface area contributed by atoms with E-state index in [4.69, 9.17) is 9.40 Å². The van der Waals surface area contributed by atoms with Crippen molar-refractivity contribution in [2.45, 2.75) is 0 Å². The molecule has 1 saturated heterocycles. The summed E-state index contributed by atoms with van der Waals surface area (Å²) in [5.74, 6) is 0.613. The normalized spacial score (nSPS) is 14.8. The van der Waals surface area contributed by atoms with Crippen LogP contribution in [0.15, 0.2) is 77.8 Å². The highest BCUT2D eigenvalue weighted by atomic mass is 16.3. The average Bonchev–Trinajstić information content (AvgIpc) is 3.55. The second kappa shape index (κ2) is 8.18. The fraction of sp³-hybridized carbons (Fsp3) is 0.192. The van der Waals surface area contributed by atoms with Crippen molar-refractivity contribution in [1.29, 1.82) is 0 Å². The molecular weight excluding hydrogens is 412 g/mol. The van der Waals surface area contributed by atoms with Gasteiger partial charge in [-0.25, -0.2) is 15.0 Å². The number of nitrogens with one attached hydrogen (secondary N) is 1. The number of piperazine rings is 1. The van der Waals surface area contributed by atoms with Crippen LogP contribution in [0.4, 0.5) is 5.69 Å². The van der Waals surface area contributed by atoms with E-state index in [0.717, 1.165) is 65.3 Å². The SMILES string of the molecule is CN1CCN(c2ccc(-c3cnc4[nH]cc(-c5ccc(-c6ncco6)cc5)c4n3)cc2)CC1. The van der Waals surface area contributed by atoms with Gasteiger partial charge in [0.1, 0.15) is 11.8 Å². The van der Waals surface area contributed by atoms with Crippen LogP contribution in [0.1, 0.15) is 0 Å². The third-order valence-corrected chi connectivity index (χ3v) is 6.29. The van der Waals surface area contributed by atoms with E-state index in [0.29, 0.717) is 5.89 Å². The minimum atomic E-state index is 0.613. The highest BCUT2D eigenvalue weighted by molar-refractivity contribution is 5.91. The van der Waals surface area contributed by atoms with Crippen molar-refractivity contribution in [3.8, 4) is 33.8 Å². The van der Waals surface area contributed by atoms with Gasteiger partial charge in [-0.15, -0.1) is 0 Å². The lowest BCUT2D eigenvalue weighted by Crippen LogP contribution is -2.44. The molecule has 1 N–H and O–H groups in total.